The van der Waals surface area contributed by atoms with Crippen molar-refractivity contribution in [2.24, 2.45) is 0 Å². The molecule has 1 amide bonds. The van der Waals surface area contributed by atoms with Crippen LogP contribution in [0.1, 0.15) is 38.7 Å². The van der Waals surface area contributed by atoms with Crippen molar-refractivity contribution < 1.29 is 4.79 Å². The van der Waals surface area contributed by atoms with E-state index in [1.54, 1.807) is 0 Å². The van der Waals surface area contributed by atoms with Crippen molar-refractivity contribution in [3.63, 3.8) is 0 Å². The highest BCUT2D eigenvalue weighted by molar-refractivity contribution is 9.10. The molecule has 6 heteroatoms. The summed E-state index contributed by atoms with van der Waals surface area (Å²) in [4.78, 5) is 16.2. The normalized spacial score (nSPS) is 12.9. The highest BCUT2D eigenvalue weighted by Gasteiger charge is 2.17. The minimum absolute atomic E-state index is 0.0660. The first-order chi connectivity index (χ1) is 9.42. The van der Waals surface area contributed by atoms with Gasteiger partial charge in [0.15, 0.2) is 5.13 Å². The molecule has 20 heavy (non-hydrogen) atoms. The van der Waals surface area contributed by atoms with E-state index < -0.39 is 0 Å². The maximum absolute atomic E-state index is 11.9. The zero-order valence-corrected chi connectivity index (χ0v) is 14.7. The molecule has 0 saturated carbocycles. The highest BCUT2D eigenvalue weighted by atomic mass is 79.9. The summed E-state index contributed by atoms with van der Waals surface area (Å²) in [7, 11) is 0. The summed E-state index contributed by atoms with van der Waals surface area (Å²) in [6.07, 6.45) is 0.736. The van der Waals surface area contributed by atoms with Gasteiger partial charge in [-0.15, -0.1) is 0 Å². The van der Waals surface area contributed by atoms with Crippen LogP contribution in [0.2, 0.25) is 5.02 Å². The predicted octanol–water partition coefficient (Wildman–Crippen LogP) is 5.19. The Labute approximate surface area is 135 Å². The molecule has 3 nitrogen and oxygen atoms in total. The van der Waals surface area contributed by atoms with Crippen molar-refractivity contribution in [1.29, 1.82) is 0 Å². The summed E-state index contributed by atoms with van der Waals surface area (Å²) in [6, 6.07) is 3.83. The largest absolute Gasteiger partial charge is 0.301 e. The number of alkyl halides is 1. The zero-order chi connectivity index (χ0) is 14.9. The maximum atomic E-state index is 11.9. The molecule has 1 N–H and O–H groups in total. The number of hydrogen-bond acceptors (Lipinski definition) is 3. The van der Waals surface area contributed by atoms with Crippen molar-refractivity contribution in [2.75, 3.05) is 5.32 Å². The Morgan fingerprint density at radius 1 is 1.50 bits per heavy atom. The number of thiazole rings is 1. The number of amides is 1. The fourth-order valence-electron chi connectivity index (χ4n) is 1.88. The van der Waals surface area contributed by atoms with Gasteiger partial charge in [0.05, 0.1) is 15.0 Å². The SMILES string of the molecule is CCC(Br)C(=O)Nc1nc2c(C(C)C)cc(Cl)cc2s1. The van der Waals surface area contributed by atoms with Crippen LogP contribution in [0.5, 0.6) is 0 Å². The monoisotopic (exact) mass is 374 g/mol. The first kappa shape index (κ1) is 15.7. The average molecular weight is 376 g/mol. The Morgan fingerprint density at radius 2 is 2.20 bits per heavy atom. The van der Waals surface area contributed by atoms with E-state index in [2.05, 4.69) is 40.1 Å². The molecule has 0 aliphatic heterocycles. The smallest absolute Gasteiger partial charge is 0.239 e. The molecule has 1 aromatic carbocycles. The Morgan fingerprint density at radius 3 is 2.80 bits per heavy atom. The first-order valence-electron chi connectivity index (χ1n) is 6.47. The van der Waals surface area contributed by atoms with Crippen LogP contribution in [-0.2, 0) is 4.79 Å². The molecule has 0 bridgehead atoms. The van der Waals surface area contributed by atoms with Gasteiger partial charge in [0.2, 0.25) is 5.91 Å². The molecule has 0 fully saturated rings. The molecule has 1 atom stereocenters. The summed E-state index contributed by atoms with van der Waals surface area (Å²) in [5.74, 6) is 0.269. The molecular weight excluding hydrogens is 360 g/mol. The number of aromatic nitrogens is 1. The van der Waals surface area contributed by atoms with Gasteiger partial charge >= 0.3 is 0 Å². The molecular formula is C14H16BrClN2OS. The van der Waals surface area contributed by atoms with E-state index in [-0.39, 0.29) is 10.7 Å². The van der Waals surface area contributed by atoms with E-state index in [9.17, 15) is 4.79 Å². The second-order valence-electron chi connectivity index (χ2n) is 4.88. The molecule has 1 heterocycles. The van der Waals surface area contributed by atoms with E-state index in [0.717, 1.165) is 22.2 Å². The lowest BCUT2D eigenvalue weighted by Gasteiger charge is -2.06. The number of benzene rings is 1. The molecule has 0 spiro atoms. The van der Waals surface area contributed by atoms with Crippen molar-refractivity contribution in [3.8, 4) is 0 Å². The Balaban J connectivity index is 2.38. The minimum Gasteiger partial charge on any atom is -0.301 e. The molecule has 0 aliphatic rings. The van der Waals surface area contributed by atoms with Gasteiger partial charge in [0.1, 0.15) is 0 Å². The fourth-order valence-corrected chi connectivity index (χ4v) is 3.23. The van der Waals surface area contributed by atoms with E-state index in [4.69, 9.17) is 11.6 Å². The molecule has 2 aromatic rings. The number of carbonyl (C=O) groups is 1. The van der Waals surface area contributed by atoms with Gasteiger partial charge in [-0.1, -0.05) is 59.6 Å². The lowest BCUT2D eigenvalue weighted by Crippen LogP contribution is -2.21. The third kappa shape index (κ3) is 3.32. The van der Waals surface area contributed by atoms with Gasteiger partial charge in [-0.25, -0.2) is 4.98 Å². The van der Waals surface area contributed by atoms with Crippen LogP contribution < -0.4 is 5.32 Å². The molecule has 0 aliphatic carbocycles. The van der Waals surface area contributed by atoms with Crippen molar-refractivity contribution in [1.82, 2.24) is 4.98 Å². The van der Waals surface area contributed by atoms with Crippen molar-refractivity contribution in [2.45, 2.75) is 37.9 Å². The Hall–Kier alpha value is -0.650. The topological polar surface area (TPSA) is 42.0 Å². The molecule has 2 rings (SSSR count). The third-order valence-electron chi connectivity index (χ3n) is 2.98. The van der Waals surface area contributed by atoms with Gasteiger partial charge in [0, 0.05) is 5.02 Å². The van der Waals surface area contributed by atoms with Crippen LogP contribution in [0.4, 0.5) is 5.13 Å². The fraction of sp³-hybridized carbons (Fsp3) is 0.429. The molecule has 1 aromatic heterocycles. The minimum atomic E-state index is -0.192. The average Bonchev–Trinajstić information content (AvgIpc) is 2.78. The lowest BCUT2D eigenvalue weighted by molar-refractivity contribution is -0.115. The van der Waals surface area contributed by atoms with Crippen LogP contribution in [0, 0.1) is 0 Å². The van der Waals surface area contributed by atoms with E-state index >= 15 is 0 Å². The zero-order valence-electron chi connectivity index (χ0n) is 11.5. The Bertz CT molecular complexity index is 641. The van der Waals surface area contributed by atoms with Gasteiger partial charge in [-0.3, -0.25) is 4.79 Å². The van der Waals surface area contributed by atoms with Crippen LogP contribution in [0.15, 0.2) is 12.1 Å². The lowest BCUT2D eigenvalue weighted by atomic mass is 10.0. The molecule has 108 valence electrons. The van der Waals surface area contributed by atoms with E-state index in [1.165, 1.54) is 11.3 Å². The number of fused-ring (bicyclic) bond motifs is 1. The van der Waals surface area contributed by atoms with Gasteiger partial charge in [-0.2, -0.15) is 0 Å². The molecule has 1 unspecified atom stereocenters. The van der Waals surface area contributed by atoms with Gasteiger partial charge in [-0.05, 0) is 30.0 Å². The summed E-state index contributed by atoms with van der Waals surface area (Å²) >= 11 is 10.9. The van der Waals surface area contributed by atoms with Gasteiger partial charge < -0.3 is 5.32 Å². The highest BCUT2D eigenvalue weighted by Crippen LogP contribution is 2.34. The standard InChI is InChI=1S/C14H16BrClN2OS/c1-4-10(15)13(19)18-14-17-12-9(7(2)3)5-8(16)6-11(12)20-14/h5-7,10H,4H2,1-3H3,(H,17,18,19). The van der Waals surface area contributed by atoms with Crippen molar-refractivity contribution >= 4 is 60.1 Å². The van der Waals surface area contributed by atoms with Crippen LogP contribution in [0.3, 0.4) is 0 Å². The van der Waals surface area contributed by atoms with Crippen molar-refractivity contribution in [3.05, 3.63) is 22.7 Å². The number of rotatable bonds is 4. The number of nitrogens with zero attached hydrogens (tertiary/aromatic N) is 1. The summed E-state index contributed by atoms with van der Waals surface area (Å²) in [6.45, 7) is 6.16. The number of halogens is 2. The van der Waals surface area contributed by atoms with Crippen LogP contribution in [-0.4, -0.2) is 15.7 Å². The number of carbonyl (C=O) groups excluding carboxylic acids is 1. The van der Waals surface area contributed by atoms with Crippen LogP contribution in [0.25, 0.3) is 10.2 Å². The number of hydrogen-bond donors (Lipinski definition) is 1. The number of anilines is 1. The second-order valence-corrected chi connectivity index (χ2v) is 7.45. The maximum Gasteiger partial charge on any atom is 0.239 e. The molecule has 0 radical (unpaired) electrons. The van der Waals surface area contributed by atoms with E-state index in [0.29, 0.717) is 16.1 Å². The third-order valence-corrected chi connectivity index (χ3v) is 5.18. The first-order valence-corrected chi connectivity index (χ1v) is 8.58. The summed E-state index contributed by atoms with van der Waals surface area (Å²) in [5, 5.41) is 4.17. The Kier molecular flexibility index (Phi) is 5.04. The predicted molar refractivity (Wildman–Crippen MR) is 90.4 cm³/mol. The van der Waals surface area contributed by atoms with E-state index in [1.807, 2.05) is 19.1 Å². The van der Waals surface area contributed by atoms with Gasteiger partial charge in [0.25, 0.3) is 0 Å². The number of nitrogens with one attached hydrogen (secondary N) is 1. The summed E-state index contributed by atoms with van der Waals surface area (Å²) < 4.78 is 0.999. The van der Waals surface area contributed by atoms with Crippen LogP contribution >= 0.6 is 38.9 Å². The second kappa shape index (κ2) is 6.41. The quantitative estimate of drug-likeness (QED) is 0.748. The summed E-state index contributed by atoms with van der Waals surface area (Å²) in [5.41, 5.74) is 2.03. The molecule has 0 saturated heterocycles.